The standard InChI is InChI=1S/C12H19N3OSi/c1-17(2,3)7-6-16-10-15-12-4-5-13-8-11(12)9-14-15/h4-5,8-9H,6-7,10H2,1-3H3. The van der Waals surface area contributed by atoms with E-state index in [4.69, 9.17) is 4.74 Å². The molecule has 0 radical (unpaired) electrons. The Labute approximate surface area is 103 Å². The lowest BCUT2D eigenvalue weighted by molar-refractivity contribution is 0.0817. The van der Waals surface area contributed by atoms with E-state index in [0.717, 1.165) is 17.5 Å². The predicted octanol–water partition coefficient (Wildman–Crippen LogP) is 2.74. The van der Waals surface area contributed by atoms with E-state index in [1.54, 1.807) is 6.20 Å². The number of nitrogens with zero attached hydrogens (tertiary/aromatic N) is 3. The molecule has 4 nitrogen and oxygen atoms in total. The normalized spacial score (nSPS) is 12.2. The quantitative estimate of drug-likeness (QED) is 0.604. The van der Waals surface area contributed by atoms with Crippen LogP contribution < -0.4 is 0 Å². The molecule has 0 N–H and O–H groups in total. The first kappa shape index (κ1) is 12.3. The summed E-state index contributed by atoms with van der Waals surface area (Å²) in [7, 11) is -0.998. The van der Waals surface area contributed by atoms with Crippen molar-refractivity contribution >= 4 is 19.0 Å². The van der Waals surface area contributed by atoms with Crippen LogP contribution in [0.1, 0.15) is 0 Å². The molecule has 2 aromatic heterocycles. The number of hydrogen-bond acceptors (Lipinski definition) is 3. The van der Waals surface area contributed by atoms with E-state index in [1.165, 1.54) is 6.04 Å². The van der Waals surface area contributed by atoms with E-state index in [2.05, 4.69) is 29.7 Å². The monoisotopic (exact) mass is 249 g/mol. The Morgan fingerprint density at radius 2 is 2.12 bits per heavy atom. The summed E-state index contributed by atoms with van der Waals surface area (Å²) in [6.45, 7) is 8.40. The van der Waals surface area contributed by atoms with E-state index < -0.39 is 8.07 Å². The first-order valence-corrected chi connectivity index (χ1v) is 9.60. The molecule has 2 aromatic rings. The molecule has 0 aliphatic carbocycles. The molecule has 0 aromatic carbocycles. The zero-order valence-corrected chi connectivity index (χ0v) is 11.7. The van der Waals surface area contributed by atoms with Crippen LogP contribution in [0.25, 0.3) is 10.9 Å². The van der Waals surface area contributed by atoms with Gasteiger partial charge >= 0.3 is 0 Å². The van der Waals surface area contributed by atoms with Gasteiger partial charge in [0.05, 0.1) is 11.7 Å². The molecule has 0 saturated heterocycles. The maximum atomic E-state index is 5.68. The molecule has 0 aliphatic heterocycles. The number of ether oxygens (including phenoxy) is 1. The number of fused-ring (bicyclic) bond motifs is 1. The molecule has 0 fully saturated rings. The minimum atomic E-state index is -0.998. The van der Waals surface area contributed by atoms with Crippen molar-refractivity contribution < 1.29 is 4.74 Å². The summed E-state index contributed by atoms with van der Waals surface area (Å²) >= 11 is 0. The van der Waals surface area contributed by atoms with Gasteiger partial charge in [0.15, 0.2) is 0 Å². The molecular weight excluding hydrogens is 230 g/mol. The highest BCUT2D eigenvalue weighted by atomic mass is 28.3. The van der Waals surface area contributed by atoms with Gasteiger partial charge in [-0.2, -0.15) is 5.10 Å². The Bertz CT molecular complexity index is 490. The fourth-order valence-electron chi connectivity index (χ4n) is 1.56. The average Bonchev–Trinajstić information content (AvgIpc) is 2.67. The zero-order chi connectivity index (χ0) is 12.3. The smallest absolute Gasteiger partial charge is 0.139 e. The fraction of sp³-hybridized carbons (Fsp3) is 0.500. The molecule has 0 amide bonds. The molecular formula is C12H19N3OSi. The van der Waals surface area contributed by atoms with Gasteiger partial charge in [0.25, 0.3) is 0 Å². The molecule has 0 unspecified atom stereocenters. The van der Waals surface area contributed by atoms with Gasteiger partial charge in [0.2, 0.25) is 0 Å². The van der Waals surface area contributed by atoms with Crippen LogP contribution in [-0.2, 0) is 11.5 Å². The van der Waals surface area contributed by atoms with E-state index in [1.807, 2.05) is 23.1 Å². The first-order valence-electron chi connectivity index (χ1n) is 5.89. The number of rotatable bonds is 5. The van der Waals surface area contributed by atoms with Gasteiger partial charge in [-0.05, 0) is 12.1 Å². The SMILES string of the molecule is C[Si](C)(C)CCOCn1ncc2cnccc21. The molecule has 0 saturated carbocycles. The number of pyridine rings is 1. The molecule has 0 bridgehead atoms. The number of hydrogen-bond donors (Lipinski definition) is 0. The van der Waals surface area contributed by atoms with Gasteiger partial charge in [0.1, 0.15) is 6.73 Å². The fourth-order valence-corrected chi connectivity index (χ4v) is 2.32. The molecule has 2 heterocycles. The Morgan fingerprint density at radius 1 is 1.29 bits per heavy atom. The lowest BCUT2D eigenvalue weighted by Crippen LogP contribution is -2.22. The average molecular weight is 249 g/mol. The van der Waals surface area contributed by atoms with Crippen LogP contribution in [0.2, 0.25) is 25.7 Å². The molecule has 0 atom stereocenters. The maximum absolute atomic E-state index is 5.68. The topological polar surface area (TPSA) is 39.9 Å². The zero-order valence-electron chi connectivity index (χ0n) is 10.7. The molecule has 17 heavy (non-hydrogen) atoms. The molecule has 2 rings (SSSR count). The van der Waals surface area contributed by atoms with Gasteiger partial charge in [0, 0.05) is 32.5 Å². The van der Waals surface area contributed by atoms with Gasteiger partial charge < -0.3 is 4.74 Å². The van der Waals surface area contributed by atoms with Crippen LogP contribution in [-0.4, -0.2) is 29.4 Å². The molecule has 5 heteroatoms. The van der Waals surface area contributed by atoms with Crippen molar-refractivity contribution in [2.24, 2.45) is 0 Å². The molecule has 0 aliphatic rings. The van der Waals surface area contributed by atoms with E-state index in [0.29, 0.717) is 6.73 Å². The Balaban J connectivity index is 1.91. The summed E-state index contributed by atoms with van der Waals surface area (Å²) in [5.41, 5.74) is 1.08. The Hall–Kier alpha value is -1.20. The minimum Gasteiger partial charge on any atom is -0.360 e. The molecule has 92 valence electrons. The third-order valence-electron chi connectivity index (χ3n) is 2.65. The van der Waals surface area contributed by atoms with Crippen LogP contribution in [0, 0.1) is 0 Å². The van der Waals surface area contributed by atoms with Crippen LogP contribution in [0.5, 0.6) is 0 Å². The van der Waals surface area contributed by atoms with Crippen molar-refractivity contribution in [2.75, 3.05) is 6.61 Å². The van der Waals surface area contributed by atoms with Crippen LogP contribution in [0.4, 0.5) is 0 Å². The van der Waals surface area contributed by atoms with Crippen molar-refractivity contribution in [3.05, 3.63) is 24.7 Å². The minimum absolute atomic E-state index is 0.526. The second kappa shape index (κ2) is 4.97. The summed E-state index contributed by atoms with van der Waals surface area (Å²) in [6, 6.07) is 3.15. The highest BCUT2D eigenvalue weighted by Crippen LogP contribution is 2.12. The van der Waals surface area contributed by atoms with Crippen molar-refractivity contribution in [1.82, 2.24) is 14.8 Å². The lowest BCUT2D eigenvalue weighted by Gasteiger charge is -2.15. The molecule has 0 spiro atoms. The third kappa shape index (κ3) is 3.37. The summed E-state index contributed by atoms with van der Waals surface area (Å²) in [5.74, 6) is 0. The van der Waals surface area contributed by atoms with Crippen molar-refractivity contribution in [3.63, 3.8) is 0 Å². The summed E-state index contributed by atoms with van der Waals surface area (Å²) in [5, 5.41) is 5.35. The Morgan fingerprint density at radius 3 is 2.88 bits per heavy atom. The maximum Gasteiger partial charge on any atom is 0.139 e. The van der Waals surface area contributed by atoms with Crippen molar-refractivity contribution in [2.45, 2.75) is 32.4 Å². The van der Waals surface area contributed by atoms with Crippen molar-refractivity contribution in [3.8, 4) is 0 Å². The highest BCUT2D eigenvalue weighted by molar-refractivity contribution is 6.76. The lowest BCUT2D eigenvalue weighted by atomic mass is 10.3. The van der Waals surface area contributed by atoms with E-state index >= 15 is 0 Å². The van der Waals surface area contributed by atoms with Gasteiger partial charge in [-0.15, -0.1) is 0 Å². The Kier molecular flexibility index (Phi) is 3.59. The second-order valence-corrected chi connectivity index (χ2v) is 11.0. The first-order chi connectivity index (χ1) is 8.06. The van der Waals surface area contributed by atoms with Gasteiger partial charge in [-0.1, -0.05) is 19.6 Å². The summed E-state index contributed by atoms with van der Waals surface area (Å²) in [6.07, 6.45) is 5.42. The van der Waals surface area contributed by atoms with Gasteiger partial charge in [-0.3, -0.25) is 4.98 Å². The van der Waals surface area contributed by atoms with Crippen LogP contribution in [0.3, 0.4) is 0 Å². The largest absolute Gasteiger partial charge is 0.360 e. The highest BCUT2D eigenvalue weighted by Gasteiger charge is 2.12. The summed E-state index contributed by atoms with van der Waals surface area (Å²) < 4.78 is 7.55. The van der Waals surface area contributed by atoms with Crippen molar-refractivity contribution in [1.29, 1.82) is 0 Å². The number of aromatic nitrogens is 3. The van der Waals surface area contributed by atoms with Gasteiger partial charge in [-0.25, -0.2) is 4.68 Å². The van der Waals surface area contributed by atoms with E-state index in [-0.39, 0.29) is 0 Å². The third-order valence-corrected chi connectivity index (χ3v) is 4.36. The van der Waals surface area contributed by atoms with Crippen LogP contribution >= 0.6 is 0 Å². The second-order valence-electron chi connectivity index (χ2n) is 5.43. The van der Waals surface area contributed by atoms with Crippen LogP contribution in [0.15, 0.2) is 24.7 Å². The predicted molar refractivity (Wildman–Crippen MR) is 71.6 cm³/mol. The van der Waals surface area contributed by atoms with E-state index in [9.17, 15) is 0 Å². The summed E-state index contributed by atoms with van der Waals surface area (Å²) in [4.78, 5) is 4.07.